The molecule has 22 heavy (non-hydrogen) atoms. The van der Waals surface area contributed by atoms with Crippen LogP contribution >= 0.6 is 0 Å². The van der Waals surface area contributed by atoms with Gasteiger partial charge >= 0.3 is 0 Å². The van der Waals surface area contributed by atoms with Gasteiger partial charge in [0.05, 0.1) is 23.6 Å². The summed E-state index contributed by atoms with van der Waals surface area (Å²) in [4.78, 5) is 0.329. The minimum Gasteiger partial charge on any atom is -0.370 e. The molecular weight excluding hydrogens is 298 g/mol. The number of sulfonamides is 1. The molecule has 0 N–H and O–H groups in total. The molecule has 116 valence electrons. The van der Waals surface area contributed by atoms with Crippen LogP contribution in [-0.4, -0.2) is 31.9 Å². The third-order valence-corrected chi connectivity index (χ3v) is 5.98. The first-order valence-electron chi connectivity index (χ1n) is 7.34. The molecule has 0 spiro atoms. The van der Waals surface area contributed by atoms with E-state index < -0.39 is 10.0 Å². The summed E-state index contributed by atoms with van der Waals surface area (Å²) in [6.45, 7) is 2.68. The quantitative estimate of drug-likeness (QED) is 0.874. The second-order valence-corrected chi connectivity index (χ2v) is 7.26. The zero-order chi connectivity index (χ0) is 15.6. The number of ether oxygens (including phenoxy) is 1. The monoisotopic (exact) mass is 317 g/mol. The smallest absolute Gasteiger partial charge is 0.243 e. The summed E-state index contributed by atoms with van der Waals surface area (Å²) in [5, 5.41) is 0. The van der Waals surface area contributed by atoms with Gasteiger partial charge in [0.2, 0.25) is 10.0 Å². The molecule has 2 aromatic carbocycles. The van der Waals surface area contributed by atoms with Gasteiger partial charge < -0.3 is 4.74 Å². The van der Waals surface area contributed by atoms with Crippen LogP contribution < -0.4 is 0 Å². The van der Waals surface area contributed by atoms with Crippen LogP contribution in [0.15, 0.2) is 65.6 Å². The lowest BCUT2D eigenvalue weighted by Gasteiger charge is -2.38. The summed E-state index contributed by atoms with van der Waals surface area (Å²) < 4.78 is 33.1. The molecule has 1 saturated heterocycles. The van der Waals surface area contributed by atoms with Gasteiger partial charge in [-0.1, -0.05) is 48.5 Å². The predicted octanol–water partition coefficient (Wildman–Crippen LogP) is 2.84. The molecule has 1 aliphatic heterocycles. The van der Waals surface area contributed by atoms with Gasteiger partial charge in [-0.2, -0.15) is 4.31 Å². The van der Waals surface area contributed by atoms with Gasteiger partial charge in [0.1, 0.15) is 0 Å². The molecule has 5 heteroatoms. The Bertz CT molecular complexity index is 716. The Morgan fingerprint density at radius 1 is 1.00 bits per heavy atom. The lowest BCUT2D eigenvalue weighted by Crippen LogP contribution is -2.48. The van der Waals surface area contributed by atoms with Crippen molar-refractivity contribution in [2.75, 3.05) is 13.2 Å². The van der Waals surface area contributed by atoms with Crippen molar-refractivity contribution in [1.82, 2.24) is 4.31 Å². The molecule has 4 nitrogen and oxygen atoms in total. The summed E-state index contributed by atoms with van der Waals surface area (Å²) in [6, 6.07) is 18.1. The van der Waals surface area contributed by atoms with Crippen LogP contribution in [0.4, 0.5) is 0 Å². The van der Waals surface area contributed by atoms with Gasteiger partial charge in [-0.25, -0.2) is 8.42 Å². The summed E-state index contributed by atoms with van der Waals surface area (Å²) in [7, 11) is -3.50. The summed E-state index contributed by atoms with van der Waals surface area (Å²) in [6.07, 6.45) is -0.242. The fourth-order valence-electron chi connectivity index (χ4n) is 2.85. The van der Waals surface area contributed by atoms with Crippen LogP contribution in [0, 0.1) is 0 Å². The lowest BCUT2D eigenvalue weighted by atomic mass is 10.0. The average molecular weight is 317 g/mol. The molecule has 0 aliphatic carbocycles. The van der Waals surface area contributed by atoms with Crippen molar-refractivity contribution in [2.24, 2.45) is 0 Å². The summed E-state index contributed by atoms with van der Waals surface area (Å²) in [5.74, 6) is 0. The van der Waals surface area contributed by atoms with E-state index in [-0.39, 0.29) is 12.1 Å². The fourth-order valence-corrected chi connectivity index (χ4v) is 4.48. The largest absolute Gasteiger partial charge is 0.370 e. The van der Waals surface area contributed by atoms with Gasteiger partial charge in [-0.15, -0.1) is 0 Å². The molecule has 1 aliphatic rings. The van der Waals surface area contributed by atoms with E-state index in [2.05, 4.69) is 0 Å². The highest BCUT2D eigenvalue weighted by Gasteiger charge is 2.37. The van der Waals surface area contributed by atoms with Gasteiger partial charge in [-0.05, 0) is 24.6 Å². The molecule has 0 bridgehead atoms. The van der Waals surface area contributed by atoms with Crippen LogP contribution in [0.3, 0.4) is 0 Å². The Morgan fingerprint density at radius 2 is 1.59 bits per heavy atom. The number of nitrogens with zero attached hydrogens (tertiary/aromatic N) is 1. The minimum atomic E-state index is -3.50. The van der Waals surface area contributed by atoms with E-state index in [4.69, 9.17) is 4.74 Å². The van der Waals surface area contributed by atoms with E-state index in [9.17, 15) is 8.42 Å². The molecule has 0 saturated carbocycles. The Morgan fingerprint density at radius 3 is 2.23 bits per heavy atom. The van der Waals surface area contributed by atoms with E-state index >= 15 is 0 Å². The Labute approximate surface area is 131 Å². The van der Waals surface area contributed by atoms with E-state index in [1.54, 1.807) is 28.6 Å². The number of hydrogen-bond acceptors (Lipinski definition) is 3. The first kappa shape index (κ1) is 15.2. The minimum absolute atomic E-state index is 0.242. The van der Waals surface area contributed by atoms with E-state index in [1.807, 2.05) is 43.3 Å². The normalized spacial score (nSPS) is 23.3. The highest BCUT2D eigenvalue weighted by atomic mass is 32.2. The highest BCUT2D eigenvalue weighted by molar-refractivity contribution is 7.89. The number of hydrogen-bond donors (Lipinski definition) is 0. The van der Waals surface area contributed by atoms with Crippen molar-refractivity contribution >= 4 is 10.0 Å². The maximum atomic E-state index is 12.8. The molecule has 0 amide bonds. The van der Waals surface area contributed by atoms with Crippen molar-refractivity contribution in [3.05, 3.63) is 66.2 Å². The first-order valence-corrected chi connectivity index (χ1v) is 8.78. The summed E-state index contributed by atoms with van der Waals surface area (Å²) >= 11 is 0. The molecule has 3 rings (SSSR count). The van der Waals surface area contributed by atoms with Crippen molar-refractivity contribution in [2.45, 2.75) is 24.0 Å². The second kappa shape index (κ2) is 6.20. The van der Waals surface area contributed by atoms with Gasteiger partial charge in [-0.3, -0.25) is 0 Å². The Balaban J connectivity index is 1.92. The molecule has 1 heterocycles. The maximum Gasteiger partial charge on any atom is 0.243 e. The van der Waals surface area contributed by atoms with Crippen LogP contribution in [0.1, 0.15) is 18.6 Å². The third kappa shape index (κ3) is 2.79. The number of benzene rings is 2. The van der Waals surface area contributed by atoms with Crippen LogP contribution in [0.2, 0.25) is 0 Å². The molecular formula is C17H19NO3S. The maximum absolute atomic E-state index is 12.8. The molecule has 0 aromatic heterocycles. The van der Waals surface area contributed by atoms with E-state index in [1.165, 1.54) is 0 Å². The van der Waals surface area contributed by atoms with E-state index in [0.29, 0.717) is 18.0 Å². The molecule has 0 radical (unpaired) electrons. The van der Waals surface area contributed by atoms with Crippen molar-refractivity contribution in [1.29, 1.82) is 0 Å². The number of rotatable bonds is 3. The lowest BCUT2D eigenvalue weighted by molar-refractivity contribution is -0.0361. The van der Waals surface area contributed by atoms with Crippen molar-refractivity contribution < 1.29 is 13.2 Å². The van der Waals surface area contributed by atoms with Gasteiger partial charge in [0.25, 0.3) is 0 Å². The third-order valence-electron chi connectivity index (χ3n) is 3.98. The zero-order valence-electron chi connectivity index (χ0n) is 12.4. The molecule has 1 fully saturated rings. The second-order valence-electron chi connectivity index (χ2n) is 5.37. The van der Waals surface area contributed by atoms with Crippen LogP contribution in [-0.2, 0) is 14.8 Å². The predicted molar refractivity (Wildman–Crippen MR) is 84.9 cm³/mol. The standard InChI is InChI=1S/C17H19NO3S/c1-14-17(15-8-4-2-5-9-15)21-13-12-18(14)22(19,20)16-10-6-3-7-11-16/h2-11,14,17H,12-13H2,1H3. The Kier molecular flexibility index (Phi) is 4.29. The summed E-state index contributed by atoms with van der Waals surface area (Å²) in [5.41, 5.74) is 1.00. The SMILES string of the molecule is CC1C(c2ccccc2)OCCN1S(=O)(=O)c1ccccc1. The Hall–Kier alpha value is -1.69. The fraction of sp³-hybridized carbons (Fsp3) is 0.294. The van der Waals surface area contributed by atoms with Crippen molar-refractivity contribution in [3.63, 3.8) is 0 Å². The number of morpholine rings is 1. The molecule has 2 atom stereocenters. The van der Waals surface area contributed by atoms with Crippen LogP contribution in [0.5, 0.6) is 0 Å². The van der Waals surface area contributed by atoms with Gasteiger partial charge in [0, 0.05) is 6.54 Å². The highest BCUT2D eigenvalue weighted by Crippen LogP contribution is 2.31. The van der Waals surface area contributed by atoms with Crippen molar-refractivity contribution in [3.8, 4) is 0 Å². The average Bonchev–Trinajstić information content (AvgIpc) is 2.56. The van der Waals surface area contributed by atoms with Crippen LogP contribution in [0.25, 0.3) is 0 Å². The first-order chi connectivity index (χ1) is 10.6. The van der Waals surface area contributed by atoms with Gasteiger partial charge in [0.15, 0.2) is 0 Å². The molecule has 2 unspecified atom stereocenters. The van der Waals surface area contributed by atoms with E-state index in [0.717, 1.165) is 5.56 Å². The molecule has 2 aromatic rings. The zero-order valence-corrected chi connectivity index (χ0v) is 13.2. The topological polar surface area (TPSA) is 46.6 Å².